The molecular weight excluding hydrogens is 359 g/mol. The van der Waals surface area contributed by atoms with E-state index in [4.69, 9.17) is 11.6 Å². The number of rotatable bonds is 3. The van der Waals surface area contributed by atoms with Gasteiger partial charge in [-0.15, -0.1) is 0 Å². The van der Waals surface area contributed by atoms with Crippen molar-refractivity contribution < 1.29 is 18.0 Å². The molecule has 6 nitrogen and oxygen atoms in total. The van der Waals surface area contributed by atoms with Crippen molar-refractivity contribution in [3.05, 3.63) is 34.6 Å². The predicted molar refractivity (Wildman–Crippen MR) is 86.6 cm³/mol. The fourth-order valence-corrected chi connectivity index (χ4v) is 2.98. The van der Waals surface area contributed by atoms with Gasteiger partial charge in [0, 0.05) is 25.9 Å². The van der Waals surface area contributed by atoms with Crippen LogP contribution in [0.4, 0.5) is 24.8 Å². The molecule has 1 unspecified atom stereocenters. The molecule has 0 aliphatic carbocycles. The van der Waals surface area contributed by atoms with E-state index in [9.17, 15) is 18.0 Å². The third-order valence-corrected chi connectivity index (χ3v) is 4.23. The number of anilines is 2. The summed E-state index contributed by atoms with van der Waals surface area (Å²) in [5, 5.41) is 6.86. The van der Waals surface area contributed by atoms with Crippen molar-refractivity contribution >= 4 is 29.1 Å². The number of pyridine rings is 1. The van der Waals surface area contributed by atoms with E-state index in [1.54, 1.807) is 22.7 Å². The van der Waals surface area contributed by atoms with Gasteiger partial charge in [-0.2, -0.15) is 18.3 Å². The van der Waals surface area contributed by atoms with Crippen molar-refractivity contribution in [2.24, 2.45) is 7.05 Å². The molecule has 134 valence electrons. The van der Waals surface area contributed by atoms with Gasteiger partial charge in [-0.3, -0.25) is 14.4 Å². The average Bonchev–Trinajstić information content (AvgIpc) is 3.02. The number of alkyl halides is 3. The first kappa shape index (κ1) is 17.5. The van der Waals surface area contributed by atoms with Gasteiger partial charge in [-0.25, -0.2) is 4.98 Å². The molecule has 1 fully saturated rings. The first-order valence-electron chi connectivity index (χ1n) is 7.48. The number of carbonyl (C=O) groups excluding carboxylic acids is 1. The lowest BCUT2D eigenvalue weighted by molar-refractivity contribution is -0.137. The van der Waals surface area contributed by atoms with Crippen LogP contribution in [0.3, 0.4) is 0 Å². The number of aryl methyl sites for hydroxylation is 2. The summed E-state index contributed by atoms with van der Waals surface area (Å²) in [6.07, 6.45) is -3.36. The quantitative estimate of drug-likeness (QED) is 0.898. The zero-order valence-electron chi connectivity index (χ0n) is 13.4. The van der Waals surface area contributed by atoms with Crippen molar-refractivity contribution in [1.82, 2.24) is 14.8 Å². The normalized spacial score (nSPS) is 18.1. The van der Waals surface area contributed by atoms with Crippen LogP contribution in [0.15, 0.2) is 18.3 Å². The van der Waals surface area contributed by atoms with E-state index in [-0.39, 0.29) is 16.7 Å². The molecule has 2 aromatic rings. The lowest BCUT2D eigenvalue weighted by atomic mass is 10.2. The molecule has 2 aromatic heterocycles. The Hall–Kier alpha value is -2.29. The molecule has 0 bridgehead atoms. The van der Waals surface area contributed by atoms with Crippen LogP contribution in [0.5, 0.6) is 0 Å². The number of hydrogen-bond acceptors (Lipinski definition) is 4. The standard InChI is InChI=1S/C15H15ClF3N5O/c1-8-5-12(23(2)22-8)24-4-3-11(14(24)25)21-13-10(16)6-9(7-20-13)15(17,18)19/h5-7,11H,3-4H2,1-2H3,(H,20,21). The number of amides is 1. The topological polar surface area (TPSA) is 63.1 Å². The molecule has 1 aliphatic heterocycles. The van der Waals surface area contributed by atoms with Gasteiger partial charge in [0.2, 0.25) is 0 Å². The number of nitrogens with one attached hydrogen (secondary N) is 1. The Morgan fingerprint density at radius 3 is 2.64 bits per heavy atom. The van der Waals surface area contributed by atoms with Crippen LogP contribution in [-0.2, 0) is 18.0 Å². The fourth-order valence-electron chi connectivity index (χ4n) is 2.76. The molecule has 0 radical (unpaired) electrons. The molecule has 0 spiro atoms. The minimum Gasteiger partial charge on any atom is -0.357 e. The minimum absolute atomic E-state index is 0.0519. The van der Waals surface area contributed by atoms with E-state index in [0.717, 1.165) is 11.8 Å². The number of halogens is 4. The summed E-state index contributed by atoms with van der Waals surface area (Å²) >= 11 is 5.88. The van der Waals surface area contributed by atoms with Crippen molar-refractivity contribution in [3.63, 3.8) is 0 Å². The molecule has 3 rings (SSSR count). The Balaban J connectivity index is 1.76. The van der Waals surface area contributed by atoms with Gasteiger partial charge in [-0.05, 0) is 19.4 Å². The van der Waals surface area contributed by atoms with Gasteiger partial charge in [-0.1, -0.05) is 11.6 Å². The van der Waals surface area contributed by atoms with Crippen LogP contribution in [0, 0.1) is 6.92 Å². The molecule has 1 saturated heterocycles. The summed E-state index contributed by atoms with van der Waals surface area (Å²) in [6, 6.07) is 1.97. The van der Waals surface area contributed by atoms with Crippen molar-refractivity contribution in [1.29, 1.82) is 0 Å². The van der Waals surface area contributed by atoms with Crippen LogP contribution in [0.1, 0.15) is 17.7 Å². The van der Waals surface area contributed by atoms with Gasteiger partial charge in [0.25, 0.3) is 5.91 Å². The van der Waals surface area contributed by atoms with E-state index in [1.165, 1.54) is 0 Å². The van der Waals surface area contributed by atoms with E-state index in [1.807, 2.05) is 6.92 Å². The highest BCUT2D eigenvalue weighted by Gasteiger charge is 2.35. The van der Waals surface area contributed by atoms with E-state index < -0.39 is 17.8 Å². The molecule has 25 heavy (non-hydrogen) atoms. The first-order chi connectivity index (χ1) is 11.7. The average molecular weight is 374 g/mol. The lowest BCUT2D eigenvalue weighted by Gasteiger charge is -2.17. The van der Waals surface area contributed by atoms with Crippen LogP contribution in [-0.4, -0.2) is 33.3 Å². The molecular formula is C15H15ClF3N5O. The highest BCUT2D eigenvalue weighted by molar-refractivity contribution is 6.33. The van der Waals surface area contributed by atoms with Crippen molar-refractivity contribution in [2.45, 2.75) is 25.6 Å². The van der Waals surface area contributed by atoms with E-state index in [2.05, 4.69) is 15.4 Å². The Kier molecular flexibility index (Phi) is 4.36. The molecule has 3 heterocycles. The van der Waals surface area contributed by atoms with Gasteiger partial charge in [0.15, 0.2) is 0 Å². The van der Waals surface area contributed by atoms with Gasteiger partial charge >= 0.3 is 6.18 Å². The molecule has 1 N–H and O–H groups in total. The minimum atomic E-state index is -4.52. The Morgan fingerprint density at radius 2 is 2.08 bits per heavy atom. The zero-order chi connectivity index (χ0) is 18.4. The lowest BCUT2D eigenvalue weighted by Crippen LogP contribution is -2.34. The van der Waals surface area contributed by atoms with Crippen molar-refractivity contribution in [3.8, 4) is 0 Å². The Morgan fingerprint density at radius 1 is 1.36 bits per heavy atom. The third kappa shape index (κ3) is 3.41. The summed E-state index contributed by atoms with van der Waals surface area (Å²) < 4.78 is 39.6. The maximum atomic E-state index is 12.7. The largest absolute Gasteiger partial charge is 0.417 e. The van der Waals surface area contributed by atoms with Crippen LogP contribution in [0.25, 0.3) is 0 Å². The number of carbonyl (C=O) groups is 1. The second-order valence-electron chi connectivity index (χ2n) is 5.80. The number of aromatic nitrogens is 3. The van der Waals surface area contributed by atoms with Gasteiger partial charge < -0.3 is 5.32 Å². The van der Waals surface area contributed by atoms with Crippen LogP contribution >= 0.6 is 11.6 Å². The zero-order valence-corrected chi connectivity index (χ0v) is 14.2. The summed E-state index contributed by atoms with van der Waals surface area (Å²) in [7, 11) is 1.74. The molecule has 0 saturated carbocycles. The summed E-state index contributed by atoms with van der Waals surface area (Å²) in [4.78, 5) is 17.9. The Bertz CT molecular complexity index is 820. The molecule has 1 amide bonds. The van der Waals surface area contributed by atoms with Crippen LogP contribution in [0.2, 0.25) is 5.02 Å². The Labute approximate surface area is 146 Å². The summed E-state index contributed by atoms with van der Waals surface area (Å²) in [5.74, 6) is 0.509. The third-order valence-electron chi connectivity index (χ3n) is 3.94. The smallest absolute Gasteiger partial charge is 0.357 e. The highest BCUT2D eigenvalue weighted by Crippen LogP contribution is 2.33. The molecule has 1 atom stereocenters. The first-order valence-corrected chi connectivity index (χ1v) is 7.86. The second kappa shape index (κ2) is 6.21. The van der Waals surface area contributed by atoms with Crippen LogP contribution < -0.4 is 10.2 Å². The highest BCUT2D eigenvalue weighted by atomic mass is 35.5. The molecule has 0 aromatic carbocycles. The van der Waals surface area contributed by atoms with E-state index >= 15 is 0 Å². The van der Waals surface area contributed by atoms with Gasteiger partial charge in [0.1, 0.15) is 17.7 Å². The van der Waals surface area contributed by atoms with Crippen molar-refractivity contribution in [2.75, 3.05) is 16.8 Å². The van der Waals surface area contributed by atoms with E-state index in [0.29, 0.717) is 25.0 Å². The summed E-state index contributed by atoms with van der Waals surface area (Å²) in [6.45, 7) is 2.29. The second-order valence-corrected chi connectivity index (χ2v) is 6.20. The maximum Gasteiger partial charge on any atom is 0.417 e. The fraction of sp³-hybridized carbons (Fsp3) is 0.400. The molecule has 1 aliphatic rings. The number of nitrogens with zero attached hydrogens (tertiary/aromatic N) is 4. The number of hydrogen-bond donors (Lipinski definition) is 1. The predicted octanol–water partition coefficient (Wildman–Crippen LogP) is 3.01. The summed E-state index contributed by atoms with van der Waals surface area (Å²) in [5.41, 5.74) is -0.151. The molecule has 10 heteroatoms. The maximum absolute atomic E-state index is 12.7. The van der Waals surface area contributed by atoms with Gasteiger partial charge in [0.05, 0.1) is 16.3 Å². The monoisotopic (exact) mass is 373 g/mol. The SMILES string of the molecule is Cc1cc(N2CCC(Nc3ncc(C(F)(F)F)cc3Cl)C2=O)n(C)n1.